The molecule has 2 amide bonds. The lowest BCUT2D eigenvalue weighted by Gasteiger charge is -2.42. The van der Waals surface area contributed by atoms with Crippen molar-refractivity contribution in [2.75, 3.05) is 13.2 Å². The Morgan fingerprint density at radius 3 is 1.73 bits per heavy atom. The van der Waals surface area contributed by atoms with Crippen molar-refractivity contribution in [2.45, 2.75) is 81.7 Å². The third-order valence-electron chi connectivity index (χ3n) is 5.78. The van der Waals surface area contributed by atoms with Crippen LogP contribution >= 0.6 is 61.2 Å². The van der Waals surface area contributed by atoms with Gasteiger partial charge in [-0.2, -0.15) is 0 Å². The topological polar surface area (TPSA) is 227 Å². The highest BCUT2D eigenvalue weighted by molar-refractivity contribution is 15.0. The van der Waals surface area contributed by atoms with Crippen LogP contribution < -0.4 is 10.6 Å². The molecule has 17 heteroatoms. The summed E-state index contributed by atoms with van der Waals surface area (Å²) in [6.45, 7) is 1.73. The maximum Gasteiger partial charge on any atom is 0.217 e. The zero-order chi connectivity index (χ0) is 29.7. The lowest BCUT2D eigenvalue weighted by Crippen LogP contribution is -2.64. The summed E-state index contributed by atoms with van der Waals surface area (Å²) in [5, 5.41) is 71.1. The second kappa shape index (κ2) is 20.8. The highest BCUT2D eigenvalue weighted by Crippen LogP contribution is 2.23. The van der Waals surface area contributed by atoms with E-state index < -0.39 is 80.4 Å². The molecule has 2 heterocycles. The molecule has 1 aromatic rings. The Labute approximate surface area is 272 Å². The number of amides is 2. The Hall–Kier alpha value is -0.0500. The Morgan fingerprint density at radius 2 is 1.25 bits per heavy atom. The SMILES string of the molecule is CC(=O)NC1C(O)OC(CO)C(O)C1O.CC(=O)NC1C(OCc2ccccc2)OC(CO)C(O)C1O.I.II. The summed E-state index contributed by atoms with van der Waals surface area (Å²) in [6, 6.07) is 7.32. The number of carbonyl (C=O) groups excluding carboxylic acids is 2. The number of halogens is 3. The fourth-order valence-electron chi connectivity index (χ4n) is 3.85. The van der Waals surface area contributed by atoms with Crippen LogP contribution in [-0.4, -0.2) is 122 Å². The van der Waals surface area contributed by atoms with E-state index >= 15 is 0 Å². The first-order valence-corrected chi connectivity index (χ1v) is 18.1. The molecule has 232 valence electrons. The molecule has 2 fully saturated rings. The first-order valence-electron chi connectivity index (χ1n) is 11.8. The van der Waals surface area contributed by atoms with E-state index in [9.17, 15) is 40.2 Å². The van der Waals surface area contributed by atoms with Crippen LogP contribution in [0.2, 0.25) is 0 Å². The van der Waals surface area contributed by atoms with Gasteiger partial charge in [-0.3, -0.25) is 9.59 Å². The van der Waals surface area contributed by atoms with Crippen molar-refractivity contribution in [1.82, 2.24) is 10.6 Å². The highest BCUT2D eigenvalue weighted by Gasteiger charge is 2.45. The van der Waals surface area contributed by atoms with Gasteiger partial charge in [0.05, 0.1) is 19.8 Å². The first-order chi connectivity index (χ1) is 18.5. The van der Waals surface area contributed by atoms with Gasteiger partial charge in [0.25, 0.3) is 0 Å². The van der Waals surface area contributed by atoms with E-state index in [0.29, 0.717) is 0 Å². The molecule has 14 nitrogen and oxygen atoms in total. The summed E-state index contributed by atoms with van der Waals surface area (Å²) < 4.78 is 15.9. The van der Waals surface area contributed by atoms with Crippen LogP contribution in [0.1, 0.15) is 19.4 Å². The number of ether oxygens (including phenoxy) is 3. The van der Waals surface area contributed by atoms with Crippen molar-refractivity contribution in [3.63, 3.8) is 0 Å². The van der Waals surface area contributed by atoms with Crippen LogP contribution in [0.3, 0.4) is 0 Å². The molecule has 9 N–H and O–H groups in total. The third-order valence-corrected chi connectivity index (χ3v) is 5.78. The van der Waals surface area contributed by atoms with Crippen LogP contribution in [0.15, 0.2) is 30.3 Å². The summed E-state index contributed by atoms with van der Waals surface area (Å²) >= 11 is 4.24. The van der Waals surface area contributed by atoms with Gasteiger partial charge in [0.15, 0.2) is 12.6 Å². The maximum absolute atomic E-state index is 11.3. The molecule has 2 aliphatic heterocycles. The van der Waals surface area contributed by atoms with Gasteiger partial charge in [0.2, 0.25) is 11.8 Å². The van der Waals surface area contributed by atoms with Crippen LogP contribution in [0.5, 0.6) is 0 Å². The molecule has 0 spiro atoms. The molecule has 0 aliphatic carbocycles. The van der Waals surface area contributed by atoms with E-state index in [4.69, 9.17) is 19.3 Å². The standard InChI is InChI=1S/C15H21NO6.C8H15NO6.I2.HI/c1-9(18)16-12-14(20)13(19)11(7-17)22-15(12)21-8-10-5-3-2-4-6-10;1-3(11)9-5-7(13)6(12)4(2-10)15-8(5)14;1-2;/h2-6,11-15,17,19-20H,7-8H2,1H3,(H,16,18);4-8,10,12-14H,2H2,1H3,(H,9,11);;1H. The van der Waals surface area contributed by atoms with Gasteiger partial charge >= 0.3 is 0 Å². The third kappa shape index (κ3) is 12.3. The number of benzene rings is 1. The highest BCUT2D eigenvalue weighted by atomic mass is 128. The van der Waals surface area contributed by atoms with Crippen molar-refractivity contribution < 1.29 is 59.5 Å². The minimum absolute atomic E-state index is 0. The van der Waals surface area contributed by atoms with Crippen LogP contribution in [0.4, 0.5) is 0 Å². The number of hydrogen-bond donors (Lipinski definition) is 9. The Kier molecular flexibility index (Phi) is 20.8. The van der Waals surface area contributed by atoms with Crippen molar-refractivity contribution in [3.8, 4) is 0 Å². The van der Waals surface area contributed by atoms with Gasteiger partial charge < -0.3 is 60.6 Å². The van der Waals surface area contributed by atoms with Gasteiger partial charge in [-0.1, -0.05) is 30.3 Å². The summed E-state index contributed by atoms with van der Waals surface area (Å²) in [5.74, 6) is -0.841. The van der Waals surface area contributed by atoms with Crippen LogP contribution in [0.25, 0.3) is 0 Å². The fourth-order valence-corrected chi connectivity index (χ4v) is 3.85. The van der Waals surface area contributed by atoms with Crippen molar-refractivity contribution in [3.05, 3.63) is 35.9 Å². The van der Waals surface area contributed by atoms with Gasteiger partial charge in [-0.25, -0.2) is 0 Å². The second-order valence-electron chi connectivity index (χ2n) is 8.68. The smallest absolute Gasteiger partial charge is 0.217 e. The fraction of sp³-hybridized carbons (Fsp3) is 0.652. The summed E-state index contributed by atoms with van der Waals surface area (Å²) in [4.78, 5) is 22.0. The van der Waals surface area contributed by atoms with Crippen molar-refractivity contribution >= 4 is 73.0 Å². The number of aliphatic hydroxyl groups is 7. The zero-order valence-electron chi connectivity index (χ0n) is 21.6. The average molecular weight is 914 g/mol. The van der Waals surface area contributed by atoms with E-state index in [2.05, 4.69) is 47.9 Å². The predicted molar refractivity (Wildman–Crippen MR) is 168 cm³/mol. The molecular formula is C23H37I3N2O12. The molecule has 10 unspecified atom stereocenters. The molecule has 2 aliphatic rings. The van der Waals surface area contributed by atoms with Gasteiger partial charge in [0.1, 0.15) is 48.7 Å². The lowest BCUT2D eigenvalue weighted by molar-refractivity contribution is -0.273. The summed E-state index contributed by atoms with van der Waals surface area (Å²) in [5.41, 5.74) is 0.897. The van der Waals surface area contributed by atoms with Gasteiger partial charge in [-0.05, 0) is 5.56 Å². The molecule has 3 rings (SSSR count). The predicted octanol–water partition coefficient (Wildman–Crippen LogP) is -1.54. The monoisotopic (exact) mass is 914 g/mol. The van der Waals surface area contributed by atoms with E-state index in [1.807, 2.05) is 30.3 Å². The van der Waals surface area contributed by atoms with E-state index in [1.165, 1.54) is 13.8 Å². The second-order valence-corrected chi connectivity index (χ2v) is 8.68. The Bertz CT molecular complexity index is 862. The largest absolute Gasteiger partial charge is 0.394 e. The molecule has 40 heavy (non-hydrogen) atoms. The number of nitrogens with one attached hydrogen (secondary N) is 2. The Morgan fingerprint density at radius 1 is 0.800 bits per heavy atom. The number of hydrogen-bond acceptors (Lipinski definition) is 12. The molecule has 2 saturated heterocycles. The maximum atomic E-state index is 11.3. The first kappa shape index (κ1) is 40.0. The quantitative estimate of drug-likeness (QED) is 0.142. The molecule has 10 atom stereocenters. The van der Waals surface area contributed by atoms with Crippen molar-refractivity contribution in [2.24, 2.45) is 0 Å². The van der Waals surface area contributed by atoms with E-state index in [-0.39, 0.29) is 36.5 Å². The minimum atomic E-state index is -1.45. The number of aliphatic hydroxyl groups excluding tert-OH is 7. The number of carbonyl (C=O) groups is 2. The average Bonchev–Trinajstić information content (AvgIpc) is 2.92. The zero-order valence-corrected chi connectivity index (χ0v) is 28.3. The van der Waals surface area contributed by atoms with Gasteiger partial charge in [-0.15, -0.1) is 24.0 Å². The number of rotatable bonds is 7. The van der Waals surface area contributed by atoms with E-state index in [1.54, 1.807) is 0 Å². The molecular weight excluding hydrogens is 877 g/mol. The van der Waals surface area contributed by atoms with Crippen molar-refractivity contribution in [1.29, 1.82) is 0 Å². The molecule has 0 aromatic heterocycles. The van der Waals surface area contributed by atoms with E-state index in [0.717, 1.165) is 5.56 Å². The lowest BCUT2D eigenvalue weighted by atomic mass is 9.97. The minimum Gasteiger partial charge on any atom is -0.394 e. The normalized spacial score (nSPS) is 33.1. The van der Waals surface area contributed by atoms with Crippen LogP contribution in [0, 0.1) is 0 Å². The summed E-state index contributed by atoms with van der Waals surface area (Å²) in [7, 11) is 0. The molecule has 0 radical (unpaired) electrons. The molecule has 0 saturated carbocycles. The van der Waals surface area contributed by atoms with Crippen LogP contribution in [-0.2, 0) is 30.4 Å². The Balaban J connectivity index is 0.000000743. The molecule has 1 aromatic carbocycles. The summed E-state index contributed by atoms with van der Waals surface area (Å²) in [6.07, 6.45) is -9.79. The van der Waals surface area contributed by atoms with Gasteiger partial charge in [0, 0.05) is 51.1 Å². The molecule has 0 bridgehead atoms.